The molecule has 3 aromatic rings. The molecule has 0 bridgehead atoms. The number of hydrogen-bond donors (Lipinski definition) is 2. The van der Waals surface area contributed by atoms with Crippen LogP contribution in [0.15, 0.2) is 72.9 Å². The smallest absolute Gasteiger partial charge is 0.255 e. The van der Waals surface area contributed by atoms with Crippen LogP contribution in [0.25, 0.3) is 0 Å². The summed E-state index contributed by atoms with van der Waals surface area (Å²) in [5, 5.41) is 6.25. The Morgan fingerprint density at radius 2 is 1.78 bits per heavy atom. The van der Waals surface area contributed by atoms with E-state index in [-0.39, 0.29) is 5.91 Å². The number of pyridine rings is 1. The Balaban J connectivity index is 1.81. The van der Waals surface area contributed by atoms with Crippen LogP contribution in [-0.2, 0) is 0 Å². The summed E-state index contributed by atoms with van der Waals surface area (Å²) in [6.45, 7) is 2.16. The molecule has 0 radical (unpaired) electrons. The van der Waals surface area contributed by atoms with Gasteiger partial charge < -0.3 is 15.5 Å². The second kappa shape index (κ2) is 8.47. The lowest BCUT2D eigenvalue weighted by Gasteiger charge is -2.21. The number of benzene rings is 2. The molecule has 5 nitrogen and oxygen atoms in total. The molecule has 2 aromatic carbocycles. The van der Waals surface area contributed by atoms with Crippen molar-refractivity contribution in [2.24, 2.45) is 0 Å². The summed E-state index contributed by atoms with van der Waals surface area (Å²) in [6.07, 6.45) is 1.70. The van der Waals surface area contributed by atoms with Crippen LogP contribution in [0.2, 0.25) is 0 Å². The van der Waals surface area contributed by atoms with Gasteiger partial charge in [-0.1, -0.05) is 30.3 Å². The molecule has 138 valence electrons. The topological polar surface area (TPSA) is 57.3 Å². The minimum Gasteiger partial charge on any atom is -0.338 e. The largest absolute Gasteiger partial charge is 0.338 e. The third-order valence-electron chi connectivity index (χ3n) is 4.50. The number of anilines is 3. The standard InChI is InChI=1S/C22H24N4O/c1-16(26(2)3)18-11-7-12-19(15-18)24-21-20(13-8-14-23-21)25-22(27)17-9-5-4-6-10-17/h4-16H,1-3H3,(H,23,24)(H,25,27). The molecule has 5 heteroatoms. The fourth-order valence-corrected chi connectivity index (χ4v) is 2.70. The molecule has 1 aromatic heterocycles. The van der Waals surface area contributed by atoms with E-state index in [0.717, 1.165) is 5.69 Å². The van der Waals surface area contributed by atoms with Crippen molar-refractivity contribution in [1.29, 1.82) is 0 Å². The zero-order chi connectivity index (χ0) is 19.2. The molecule has 1 atom stereocenters. The Bertz CT molecular complexity index is 909. The molecule has 2 N–H and O–H groups in total. The van der Waals surface area contributed by atoms with Gasteiger partial charge >= 0.3 is 0 Å². The van der Waals surface area contributed by atoms with Gasteiger partial charge in [0.2, 0.25) is 0 Å². The Morgan fingerprint density at radius 3 is 2.52 bits per heavy atom. The van der Waals surface area contributed by atoms with Crippen molar-refractivity contribution < 1.29 is 4.79 Å². The van der Waals surface area contributed by atoms with E-state index in [0.29, 0.717) is 23.1 Å². The van der Waals surface area contributed by atoms with E-state index in [1.807, 2.05) is 36.4 Å². The second-order valence-electron chi connectivity index (χ2n) is 6.61. The number of amides is 1. The first-order valence-electron chi connectivity index (χ1n) is 8.89. The Hall–Kier alpha value is -3.18. The van der Waals surface area contributed by atoms with Crippen LogP contribution in [0.5, 0.6) is 0 Å². The minimum atomic E-state index is -0.165. The molecule has 0 aliphatic carbocycles. The predicted octanol–water partition coefficient (Wildman–Crippen LogP) is 4.70. The number of hydrogen-bond acceptors (Lipinski definition) is 4. The highest BCUT2D eigenvalue weighted by Crippen LogP contribution is 2.26. The summed E-state index contributed by atoms with van der Waals surface area (Å²) in [5.41, 5.74) is 3.37. The summed E-state index contributed by atoms with van der Waals surface area (Å²) in [7, 11) is 4.11. The van der Waals surface area contributed by atoms with Crippen molar-refractivity contribution in [3.63, 3.8) is 0 Å². The highest BCUT2D eigenvalue weighted by Gasteiger charge is 2.11. The SMILES string of the molecule is CC(c1cccc(Nc2ncccc2NC(=O)c2ccccc2)c1)N(C)C. The highest BCUT2D eigenvalue weighted by atomic mass is 16.1. The number of carbonyl (C=O) groups is 1. The van der Waals surface area contributed by atoms with Crippen LogP contribution in [0.4, 0.5) is 17.2 Å². The molecule has 27 heavy (non-hydrogen) atoms. The van der Waals surface area contributed by atoms with Crippen LogP contribution in [0, 0.1) is 0 Å². The van der Waals surface area contributed by atoms with Gasteiger partial charge in [-0.15, -0.1) is 0 Å². The normalized spacial score (nSPS) is 11.9. The fraction of sp³-hybridized carbons (Fsp3) is 0.182. The van der Waals surface area contributed by atoms with Crippen molar-refractivity contribution in [3.8, 4) is 0 Å². The molecule has 0 aliphatic rings. The predicted molar refractivity (Wildman–Crippen MR) is 110 cm³/mol. The van der Waals surface area contributed by atoms with E-state index >= 15 is 0 Å². The number of nitrogens with zero attached hydrogens (tertiary/aromatic N) is 2. The highest BCUT2D eigenvalue weighted by molar-refractivity contribution is 6.05. The molecule has 0 saturated heterocycles. The minimum absolute atomic E-state index is 0.165. The van der Waals surface area contributed by atoms with Gasteiger partial charge in [-0.05, 0) is 63.0 Å². The monoisotopic (exact) mass is 360 g/mol. The molecule has 0 aliphatic heterocycles. The van der Waals surface area contributed by atoms with E-state index in [1.165, 1.54) is 5.56 Å². The van der Waals surface area contributed by atoms with Crippen LogP contribution in [0.3, 0.4) is 0 Å². The van der Waals surface area contributed by atoms with Crippen LogP contribution >= 0.6 is 0 Å². The van der Waals surface area contributed by atoms with Gasteiger partial charge in [0.15, 0.2) is 5.82 Å². The van der Waals surface area contributed by atoms with Crippen molar-refractivity contribution in [2.75, 3.05) is 24.7 Å². The maximum Gasteiger partial charge on any atom is 0.255 e. The number of aromatic nitrogens is 1. The Kier molecular flexibility index (Phi) is 5.84. The van der Waals surface area contributed by atoms with E-state index in [2.05, 4.69) is 53.7 Å². The molecule has 0 saturated carbocycles. The van der Waals surface area contributed by atoms with Gasteiger partial charge in [-0.2, -0.15) is 0 Å². The molecule has 0 fully saturated rings. The number of nitrogens with one attached hydrogen (secondary N) is 2. The van der Waals surface area contributed by atoms with Crippen LogP contribution in [-0.4, -0.2) is 29.9 Å². The maximum absolute atomic E-state index is 12.5. The molecule has 1 amide bonds. The molecular weight excluding hydrogens is 336 g/mol. The van der Waals surface area contributed by atoms with Crippen molar-refractivity contribution in [2.45, 2.75) is 13.0 Å². The molecular formula is C22H24N4O. The van der Waals surface area contributed by atoms with Crippen LogP contribution < -0.4 is 10.6 Å². The zero-order valence-corrected chi connectivity index (χ0v) is 15.8. The first-order valence-corrected chi connectivity index (χ1v) is 8.89. The summed E-state index contributed by atoms with van der Waals surface area (Å²) in [5.74, 6) is 0.443. The first kappa shape index (κ1) is 18.6. The van der Waals surface area contributed by atoms with Crippen molar-refractivity contribution >= 4 is 23.1 Å². The van der Waals surface area contributed by atoms with Gasteiger partial charge in [0.1, 0.15) is 0 Å². The molecule has 1 heterocycles. The number of rotatable bonds is 6. The van der Waals surface area contributed by atoms with Gasteiger partial charge in [-0.25, -0.2) is 4.98 Å². The van der Waals surface area contributed by atoms with Crippen molar-refractivity contribution in [3.05, 3.63) is 84.1 Å². The molecule has 3 rings (SSSR count). The number of carbonyl (C=O) groups excluding carboxylic acids is 1. The van der Waals surface area contributed by atoms with Crippen molar-refractivity contribution in [1.82, 2.24) is 9.88 Å². The lowest BCUT2D eigenvalue weighted by molar-refractivity contribution is 0.102. The average Bonchev–Trinajstić information content (AvgIpc) is 2.69. The lowest BCUT2D eigenvalue weighted by Crippen LogP contribution is -2.16. The summed E-state index contributed by atoms with van der Waals surface area (Å²) < 4.78 is 0. The summed E-state index contributed by atoms with van der Waals surface area (Å²) in [6, 6.07) is 21.3. The van der Waals surface area contributed by atoms with E-state index < -0.39 is 0 Å². The Morgan fingerprint density at radius 1 is 1.00 bits per heavy atom. The Labute approximate surface area is 160 Å². The second-order valence-corrected chi connectivity index (χ2v) is 6.61. The van der Waals surface area contributed by atoms with Gasteiger partial charge in [-0.3, -0.25) is 4.79 Å². The van der Waals surface area contributed by atoms with E-state index in [9.17, 15) is 4.79 Å². The van der Waals surface area contributed by atoms with Gasteiger partial charge in [0, 0.05) is 23.5 Å². The molecule has 1 unspecified atom stereocenters. The summed E-state index contributed by atoms with van der Waals surface area (Å²) >= 11 is 0. The fourth-order valence-electron chi connectivity index (χ4n) is 2.70. The quantitative estimate of drug-likeness (QED) is 0.669. The van der Waals surface area contributed by atoms with Gasteiger partial charge in [0.25, 0.3) is 5.91 Å². The zero-order valence-electron chi connectivity index (χ0n) is 15.8. The third-order valence-corrected chi connectivity index (χ3v) is 4.50. The van der Waals surface area contributed by atoms with E-state index in [4.69, 9.17) is 0 Å². The van der Waals surface area contributed by atoms with Crippen LogP contribution in [0.1, 0.15) is 28.9 Å². The van der Waals surface area contributed by atoms with Gasteiger partial charge in [0.05, 0.1) is 5.69 Å². The molecule has 0 spiro atoms. The first-order chi connectivity index (χ1) is 13.0. The van der Waals surface area contributed by atoms with E-state index in [1.54, 1.807) is 24.4 Å². The maximum atomic E-state index is 12.5. The summed E-state index contributed by atoms with van der Waals surface area (Å²) in [4.78, 5) is 19.0. The average molecular weight is 360 g/mol. The lowest BCUT2D eigenvalue weighted by atomic mass is 10.1. The third kappa shape index (κ3) is 4.71.